The first-order valence-electron chi connectivity index (χ1n) is 8.78. The van der Waals surface area contributed by atoms with Gasteiger partial charge in [-0.3, -0.25) is 0 Å². The molecule has 0 aliphatic heterocycles. The largest absolute Gasteiger partial charge is 0.506 e. The van der Waals surface area contributed by atoms with Crippen molar-refractivity contribution in [1.82, 2.24) is 19.8 Å². The molecular weight excluding hydrogens is 378 g/mol. The molecule has 2 aromatic heterocycles. The summed E-state index contributed by atoms with van der Waals surface area (Å²) in [7, 11) is 0. The minimum Gasteiger partial charge on any atom is -0.506 e. The zero-order valence-electron chi connectivity index (χ0n) is 14.9. The molecule has 0 spiro atoms. The van der Waals surface area contributed by atoms with Crippen LogP contribution in [-0.4, -0.2) is 36.6 Å². The van der Waals surface area contributed by atoms with Gasteiger partial charge in [-0.1, -0.05) is 29.8 Å². The van der Waals surface area contributed by atoms with Gasteiger partial charge < -0.3 is 15.5 Å². The summed E-state index contributed by atoms with van der Waals surface area (Å²) in [5, 5.41) is 35.2. The molecule has 2 aromatic carbocycles. The third-order valence-corrected chi connectivity index (χ3v) is 4.60. The molecule has 0 unspecified atom stereocenters. The Morgan fingerprint density at radius 2 is 1.89 bits per heavy atom. The first-order valence-corrected chi connectivity index (χ1v) is 9.16. The number of fused-ring (bicyclic) bond motifs is 1. The van der Waals surface area contributed by atoms with Crippen LogP contribution in [0.4, 0.5) is 11.5 Å². The third kappa shape index (κ3) is 3.90. The number of rotatable bonds is 6. The van der Waals surface area contributed by atoms with E-state index >= 15 is 0 Å². The first kappa shape index (κ1) is 18.2. The highest BCUT2D eigenvalue weighted by molar-refractivity contribution is 6.32. The summed E-state index contributed by atoms with van der Waals surface area (Å²) >= 11 is 5.99. The number of hydrogen-bond donors (Lipinski definition) is 3. The Morgan fingerprint density at radius 3 is 2.71 bits per heavy atom. The van der Waals surface area contributed by atoms with Crippen LogP contribution in [0.3, 0.4) is 0 Å². The van der Waals surface area contributed by atoms with Crippen molar-refractivity contribution < 1.29 is 10.2 Å². The highest BCUT2D eigenvalue weighted by Gasteiger charge is 2.10. The predicted octanol–water partition coefficient (Wildman–Crippen LogP) is 3.35. The van der Waals surface area contributed by atoms with Crippen LogP contribution in [0.5, 0.6) is 5.75 Å². The molecule has 4 rings (SSSR count). The molecule has 0 saturated heterocycles. The van der Waals surface area contributed by atoms with Crippen LogP contribution in [0.25, 0.3) is 5.65 Å². The van der Waals surface area contributed by atoms with Crippen molar-refractivity contribution >= 4 is 28.8 Å². The lowest BCUT2D eigenvalue weighted by molar-refractivity contribution is 0.299. The quantitative estimate of drug-likeness (QED) is 0.463. The van der Waals surface area contributed by atoms with Crippen molar-refractivity contribution in [2.75, 3.05) is 11.9 Å². The van der Waals surface area contributed by atoms with E-state index in [0.717, 1.165) is 16.8 Å². The molecule has 0 amide bonds. The number of nitrogens with one attached hydrogen (secondary N) is 1. The van der Waals surface area contributed by atoms with E-state index in [4.69, 9.17) is 16.7 Å². The molecule has 0 radical (unpaired) electrons. The maximum atomic E-state index is 9.57. The van der Waals surface area contributed by atoms with E-state index in [9.17, 15) is 5.11 Å². The molecule has 28 heavy (non-hydrogen) atoms. The lowest BCUT2D eigenvalue weighted by atomic mass is 10.1. The van der Waals surface area contributed by atoms with E-state index in [0.29, 0.717) is 35.2 Å². The van der Waals surface area contributed by atoms with Crippen molar-refractivity contribution in [3.63, 3.8) is 0 Å². The standard InChI is InChI=1S/C20H18ClN5O2/c21-16-11-14(4-5-17(16)28)12-20-24-23-19-7-6-18(25-26(19)20)22-15-3-1-2-13(10-15)8-9-27/h1-7,10-11,27-28H,8-9,12H2,(H,22,25). The van der Waals surface area contributed by atoms with Gasteiger partial charge in [-0.15, -0.1) is 15.3 Å². The number of phenolic OH excluding ortho intramolecular Hbond substituents is 1. The summed E-state index contributed by atoms with van der Waals surface area (Å²) in [4.78, 5) is 0. The minimum atomic E-state index is 0.0459. The summed E-state index contributed by atoms with van der Waals surface area (Å²) in [6.45, 7) is 0.110. The average molecular weight is 396 g/mol. The predicted molar refractivity (Wildman–Crippen MR) is 107 cm³/mol. The molecule has 142 valence electrons. The Balaban J connectivity index is 1.60. The Hall–Kier alpha value is -3.16. The van der Waals surface area contributed by atoms with Gasteiger partial charge in [0.2, 0.25) is 0 Å². The second kappa shape index (κ2) is 7.84. The first-order chi connectivity index (χ1) is 13.6. The van der Waals surface area contributed by atoms with Crippen LogP contribution < -0.4 is 5.32 Å². The van der Waals surface area contributed by atoms with Crippen LogP contribution in [0.1, 0.15) is 17.0 Å². The minimum absolute atomic E-state index is 0.0459. The van der Waals surface area contributed by atoms with E-state index < -0.39 is 0 Å². The summed E-state index contributed by atoms with van der Waals surface area (Å²) in [5.74, 6) is 1.36. The van der Waals surface area contributed by atoms with Crippen molar-refractivity contribution in [3.05, 3.63) is 76.6 Å². The van der Waals surface area contributed by atoms with Gasteiger partial charge in [0, 0.05) is 18.7 Å². The summed E-state index contributed by atoms with van der Waals surface area (Å²) < 4.78 is 1.68. The van der Waals surface area contributed by atoms with Crippen LogP contribution in [0.15, 0.2) is 54.6 Å². The number of nitrogens with zero attached hydrogens (tertiary/aromatic N) is 4. The fraction of sp³-hybridized carbons (Fsp3) is 0.150. The Labute approximate surface area is 166 Å². The molecule has 4 aromatic rings. The maximum Gasteiger partial charge on any atom is 0.178 e. The van der Waals surface area contributed by atoms with Gasteiger partial charge in [0.05, 0.1) is 5.02 Å². The van der Waals surface area contributed by atoms with Crippen LogP contribution in [0, 0.1) is 0 Å². The van der Waals surface area contributed by atoms with Gasteiger partial charge in [0.1, 0.15) is 5.75 Å². The molecule has 3 N–H and O–H groups in total. The van der Waals surface area contributed by atoms with Crippen LogP contribution in [-0.2, 0) is 12.8 Å². The van der Waals surface area contributed by atoms with Crippen molar-refractivity contribution in [3.8, 4) is 5.75 Å². The summed E-state index contributed by atoms with van der Waals surface area (Å²) in [5.41, 5.74) is 3.47. The molecule has 8 heteroatoms. The topological polar surface area (TPSA) is 95.6 Å². The molecule has 0 saturated carbocycles. The number of aliphatic hydroxyl groups is 1. The van der Waals surface area contributed by atoms with Crippen molar-refractivity contribution in [2.45, 2.75) is 12.8 Å². The Kier molecular flexibility index (Phi) is 5.10. The fourth-order valence-corrected chi connectivity index (χ4v) is 3.14. The highest BCUT2D eigenvalue weighted by atomic mass is 35.5. The Bertz CT molecular complexity index is 1130. The van der Waals surface area contributed by atoms with Crippen molar-refractivity contribution in [2.24, 2.45) is 0 Å². The molecule has 7 nitrogen and oxygen atoms in total. The number of hydrogen-bond acceptors (Lipinski definition) is 6. The van der Waals surface area contributed by atoms with Gasteiger partial charge in [-0.25, -0.2) is 0 Å². The summed E-state index contributed by atoms with van der Waals surface area (Å²) in [6, 6.07) is 16.6. The molecule has 2 heterocycles. The van der Waals surface area contributed by atoms with E-state index in [1.807, 2.05) is 36.4 Å². The fourth-order valence-electron chi connectivity index (χ4n) is 2.93. The van der Waals surface area contributed by atoms with Gasteiger partial charge >= 0.3 is 0 Å². The van der Waals surface area contributed by atoms with E-state index in [1.165, 1.54) is 0 Å². The zero-order valence-corrected chi connectivity index (χ0v) is 15.6. The molecule has 0 bridgehead atoms. The molecular formula is C20H18ClN5O2. The molecule has 0 aliphatic carbocycles. The third-order valence-electron chi connectivity index (χ3n) is 4.30. The number of anilines is 2. The lowest BCUT2D eigenvalue weighted by Gasteiger charge is -2.08. The Morgan fingerprint density at radius 1 is 1.00 bits per heavy atom. The van der Waals surface area contributed by atoms with E-state index in [2.05, 4.69) is 20.6 Å². The number of aromatic nitrogens is 4. The van der Waals surface area contributed by atoms with Gasteiger partial charge in [-0.05, 0) is 53.9 Å². The van der Waals surface area contributed by atoms with Gasteiger partial charge in [0.15, 0.2) is 17.3 Å². The number of aromatic hydroxyl groups is 1. The zero-order chi connectivity index (χ0) is 19.5. The SMILES string of the molecule is OCCc1cccc(Nc2ccc3nnc(Cc4ccc(O)c(Cl)c4)n3n2)c1. The van der Waals surface area contributed by atoms with Crippen LogP contribution >= 0.6 is 11.6 Å². The normalized spacial score (nSPS) is 11.1. The van der Waals surface area contributed by atoms with E-state index in [-0.39, 0.29) is 12.4 Å². The van der Waals surface area contributed by atoms with Crippen LogP contribution in [0.2, 0.25) is 5.02 Å². The highest BCUT2D eigenvalue weighted by Crippen LogP contribution is 2.25. The second-order valence-electron chi connectivity index (χ2n) is 6.37. The lowest BCUT2D eigenvalue weighted by Crippen LogP contribution is -2.03. The van der Waals surface area contributed by atoms with Crippen molar-refractivity contribution in [1.29, 1.82) is 0 Å². The van der Waals surface area contributed by atoms with Gasteiger partial charge in [0.25, 0.3) is 0 Å². The smallest absolute Gasteiger partial charge is 0.178 e. The molecule has 0 atom stereocenters. The number of phenols is 1. The number of aliphatic hydroxyl groups excluding tert-OH is 1. The number of benzene rings is 2. The maximum absolute atomic E-state index is 9.57. The van der Waals surface area contributed by atoms with Gasteiger partial charge in [-0.2, -0.15) is 4.52 Å². The molecule has 0 fully saturated rings. The monoisotopic (exact) mass is 395 g/mol. The summed E-state index contributed by atoms with van der Waals surface area (Å²) in [6.07, 6.45) is 1.08. The second-order valence-corrected chi connectivity index (χ2v) is 6.77. The molecule has 0 aliphatic rings. The average Bonchev–Trinajstić information content (AvgIpc) is 3.07. The van der Waals surface area contributed by atoms with E-state index in [1.54, 1.807) is 22.7 Å². The number of halogens is 1.